The molecular weight excluding hydrogens is 345 g/mol. The Balaban J connectivity index is 1.46. The Kier molecular flexibility index (Phi) is 5.21. The summed E-state index contributed by atoms with van der Waals surface area (Å²) in [4.78, 5) is 23.8. The number of hydrogen-bond donors (Lipinski definition) is 1. The van der Waals surface area contributed by atoms with Crippen molar-refractivity contribution in [3.8, 4) is 17.2 Å². The molecule has 2 aromatic rings. The molecule has 0 fully saturated rings. The van der Waals surface area contributed by atoms with E-state index in [9.17, 15) is 14.0 Å². The number of amides is 1. The molecule has 1 heterocycles. The van der Waals surface area contributed by atoms with Gasteiger partial charge in [-0.15, -0.1) is 0 Å². The van der Waals surface area contributed by atoms with Crippen LogP contribution in [0.4, 0.5) is 10.1 Å². The zero-order valence-electron chi connectivity index (χ0n) is 13.9. The molecule has 0 saturated heterocycles. The van der Waals surface area contributed by atoms with Crippen LogP contribution in [0, 0.1) is 5.82 Å². The van der Waals surface area contributed by atoms with E-state index in [1.165, 1.54) is 31.2 Å². The van der Waals surface area contributed by atoms with Gasteiger partial charge in [-0.25, -0.2) is 9.18 Å². The number of nitrogens with one attached hydrogen (secondary N) is 1. The fourth-order valence-corrected chi connectivity index (χ4v) is 2.19. The summed E-state index contributed by atoms with van der Waals surface area (Å²) in [6.45, 7) is 1.14. The number of hydrogen-bond acceptors (Lipinski definition) is 6. The lowest BCUT2D eigenvalue weighted by Gasteiger charge is -2.14. The third-order valence-corrected chi connectivity index (χ3v) is 3.46. The molecule has 0 radical (unpaired) electrons. The normalized spacial score (nSPS) is 13.0. The van der Waals surface area contributed by atoms with Crippen LogP contribution >= 0.6 is 0 Å². The van der Waals surface area contributed by atoms with Crippen LogP contribution in [-0.4, -0.2) is 31.4 Å². The van der Waals surface area contributed by atoms with E-state index in [4.69, 9.17) is 18.9 Å². The number of benzene rings is 2. The van der Waals surface area contributed by atoms with Crippen molar-refractivity contribution in [1.82, 2.24) is 0 Å². The Morgan fingerprint density at radius 1 is 1.15 bits per heavy atom. The van der Waals surface area contributed by atoms with Gasteiger partial charge >= 0.3 is 5.97 Å². The van der Waals surface area contributed by atoms with E-state index in [0.717, 1.165) is 0 Å². The number of carbonyl (C=O) groups is 2. The molecule has 1 aliphatic rings. The van der Waals surface area contributed by atoms with Gasteiger partial charge in [0, 0.05) is 11.8 Å². The van der Waals surface area contributed by atoms with Gasteiger partial charge in [0.2, 0.25) is 6.79 Å². The van der Waals surface area contributed by atoms with Gasteiger partial charge in [0.15, 0.2) is 24.2 Å². The van der Waals surface area contributed by atoms with E-state index in [1.54, 1.807) is 18.2 Å². The topological polar surface area (TPSA) is 83.1 Å². The largest absolute Gasteiger partial charge is 0.479 e. The molecule has 0 aromatic heterocycles. The van der Waals surface area contributed by atoms with Crippen molar-refractivity contribution >= 4 is 17.6 Å². The van der Waals surface area contributed by atoms with Crippen LogP contribution in [0.2, 0.25) is 0 Å². The molecule has 26 heavy (non-hydrogen) atoms. The van der Waals surface area contributed by atoms with E-state index >= 15 is 0 Å². The molecule has 0 unspecified atom stereocenters. The van der Waals surface area contributed by atoms with Crippen molar-refractivity contribution in [2.75, 3.05) is 18.7 Å². The summed E-state index contributed by atoms with van der Waals surface area (Å²) in [5.74, 6) is -0.183. The third kappa shape index (κ3) is 4.41. The third-order valence-electron chi connectivity index (χ3n) is 3.46. The number of carbonyl (C=O) groups excluding carboxylic acids is 2. The average Bonchev–Trinajstić information content (AvgIpc) is 3.09. The van der Waals surface area contributed by atoms with Crippen LogP contribution in [0.3, 0.4) is 0 Å². The van der Waals surface area contributed by atoms with Crippen molar-refractivity contribution in [2.45, 2.75) is 13.0 Å². The number of halogens is 1. The highest BCUT2D eigenvalue weighted by Crippen LogP contribution is 2.34. The predicted octanol–water partition coefficient (Wildman–Crippen LogP) is 2.50. The van der Waals surface area contributed by atoms with Crippen LogP contribution in [0.15, 0.2) is 42.5 Å². The van der Waals surface area contributed by atoms with Crippen LogP contribution in [-0.2, 0) is 14.3 Å². The highest BCUT2D eigenvalue weighted by Gasteiger charge is 2.19. The van der Waals surface area contributed by atoms with E-state index in [0.29, 0.717) is 22.9 Å². The smallest absolute Gasteiger partial charge is 0.347 e. The Bertz CT molecular complexity index is 808. The molecule has 2 aromatic carbocycles. The van der Waals surface area contributed by atoms with Crippen LogP contribution in [0.5, 0.6) is 17.2 Å². The van der Waals surface area contributed by atoms with Crippen molar-refractivity contribution in [3.63, 3.8) is 0 Å². The molecule has 1 N–H and O–H groups in total. The van der Waals surface area contributed by atoms with E-state index in [2.05, 4.69) is 5.32 Å². The molecule has 7 nitrogen and oxygen atoms in total. The van der Waals surface area contributed by atoms with Gasteiger partial charge in [-0.2, -0.15) is 0 Å². The molecule has 0 spiro atoms. The Morgan fingerprint density at radius 2 is 1.88 bits per heavy atom. The maximum Gasteiger partial charge on any atom is 0.347 e. The first kappa shape index (κ1) is 17.5. The summed E-state index contributed by atoms with van der Waals surface area (Å²) in [5, 5.41) is 2.59. The van der Waals surface area contributed by atoms with E-state index in [-0.39, 0.29) is 6.79 Å². The molecule has 0 aliphatic carbocycles. The van der Waals surface area contributed by atoms with Crippen molar-refractivity contribution in [1.29, 1.82) is 0 Å². The van der Waals surface area contributed by atoms with E-state index in [1.807, 2.05) is 0 Å². The molecule has 1 atom stereocenters. The Morgan fingerprint density at radius 3 is 2.65 bits per heavy atom. The van der Waals surface area contributed by atoms with Gasteiger partial charge in [0.1, 0.15) is 11.6 Å². The molecule has 8 heteroatoms. The summed E-state index contributed by atoms with van der Waals surface area (Å²) in [5.41, 5.74) is 0.492. The maximum atomic E-state index is 12.8. The fourth-order valence-electron chi connectivity index (χ4n) is 2.19. The molecular formula is C18H16FNO6. The number of ether oxygens (including phenoxy) is 4. The van der Waals surface area contributed by atoms with Gasteiger partial charge in [0.05, 0.1) is 0 Å². The zero-order chi connectivity index (χ0) is 18.5. The fraction of sp³-hybridized carbons (Fsp3) is 0.222. The SMILES string of the molecule is C[C@H](Oc1ccc(F)cc1)C(=O)OCC(=O)Nc1ccc2c(c1)OCO2. The van der Waals surface area contributed by atoms with Crippen LogP contribution in [0.25, 0.3) is 0 Å². The van der Waals surface area contributed by atoms with E-state index < -0.39 is 30.4 Å². The standard InChI is InChI=1S/C18H16FNO6/c1-11(26-14-5-2-12(19)3-6-14)18(22)23-9-17(21)20-13-4-7-15-16(8-13)25-10-24-15/h2-8,11H,9-10H2,1H3,(H,20,21)/t11-/m0/s1. The highest BCUT2D eigenvalue weighted by atomic mass is 19.1. The monoisotopic (exact) mass is 361 g/mol. The van der Waals surface area contributed by atoms with Gasteiger partial charge in [-0.3, -0.25) is 4.79 Å². The minimum absolute atomic E-state index is 0.135. The van der Waals surface area contributed by atoms with Crippen molar-refractivity contribution < 1.29 is 32.9 Å². The summed E-state index contributed by atoms with van der Waals surface area (Å²) in [6, 6.07) is 10.1. The maximum absolute atomic E-state index is 12.8. The number of fused-ring (bicyclic) bond motifs is 1. The van der Waals surface area contributed by atoms with Gasteiger partial charge in [-0.1, -0.05) is 0 Å². The van der Waals surface area contributed by atoms with Crippen molar-refractivity contribution in [3.05, 3.63) is 48.3 Å². The molecule has 0 saturated carbocycles. The molecule has 1 amide bonds. The molecule has 3 rings (SSSR count). The second kappa shape index (κ2) is 7.73. The summed E-state index contributed by atoms with van der Waals surface area (Å²) in [7, 11) is 0. The van der Waals surface area contributed by atoms with Gasteiger partial charge < -0.3 is 24.3 Å². The van der Waals surface area contributed by atoms with Gasteiger partial charge in [-0.05, 0) is 43.3 Å². The predicted molar refractivity (Wildman–Crippen MR) is 88.6 cm³/mol. The second-order valence-corrected chi connectivity index (χ2v) is 5.44. The quantitative estimate of drug-likeness (QED) is 0.796. The summed E-state index contributed by atoms with van der Waals surface area (Å²) < 4.78 is 33.5. The zero-order valence-corrected chi connectivity index (χ0v) is 13.9. The molecule has 136 valence electrons. The lowest BCUT2D eigenvalue weighted by Crippen LogP contribution is -2.29. The van der Waals surface area contributed by atoms with Crippen LogP contribution < -0.4 is 19.5 Å². The number of anilines is 1. The number of rotatable bonds is 6. The van der Waals surface area contributed by atoms with Crippen molar-refractivity contribution in [2.24, 2.45) is 0 Å². The summed E-state index contributed by atoms with van der Waals surface area (Å²) >= 11 is 0. The van der Waals surface area contributed by atoms with Gasteiger partial charge in [0.25, 0.3) is 5.91 Å². The molecule has 0 bridgehead atoms. The number of esters is 1. The lowest BCUT2D eigenvalue weighted by molar-refractivity contribution is -0.153. The minimum atomic E-state index is -0.946. The summed E-state index contributed by atoms with van der Waals surface area (Å²) in [6.07, 6.45) is -0.946. The lowest BCUT2D eigenvalue weighted by atomic mass is 10.3. The second-order valence-electron chi connectivity index (χ2n) is 5.44. The molecule has 1 aliphatic heterocycles. The first-order valence-electron chi connectivity index (χ1n) is 7.79. The minimum Gasteiger partial charge on any atom is -0.479 e. The van der Waals surface area contributed by atoms with Crippen LogP contribution in [0.1, 0.15) is 6.92 Å². The Hall–Kier alpha value is -3.29. The Labute approximate surface area is 148 Å². The highest BCUT2D eigenvalue weighted by molar-refractivity contribution is 5.93. The first-order valence-corrected chi connectivity index (χ1v) is 7.79. The first-order chi connectivity index (χ1) is 12.5. The average molecular weight is 361 g/mol.